The van der Waals surface area contributed by atoms with E-state index in [1.807, 2.05) is 39.0 Å². The predicted molar refractivity (Wildman–Crippen MR) is 114 cm³/mol. The van der Waals surface area contributed by atoms with E-state index in [1.54, 1.807) is 0 Å². The van der Waals surface area contributed by atoms with E-state index in [9.17, 15) is 9.59 Å². The summed E-state index contributed by atoms with van der Waals surface area (Å²) in [6, 6.07) is 5.53. The van der Waals surface area contributed by atoms with Crippen LogP contribution in [-0.4, -0.2) is 28.3 Å². The number of nitrogens with zero attached hydrogens (tertiary/aromatic N) is 3. The molecule has 0 aliphatic heterocycles. The van der Waals surface area contributed by atoms with E-state index in [0.717, 1.165) is 20.5 Å². The number of hydrazone groups is 1. The molecule has 2 heterocycles. The Bertz CT molecular complexity index is 1120. The van der Waals surface area contributed by atoms with E-state index in [2.05, 4.69) is 31.4 Å². The summed E-state index contributed by atoms with van der Waals surface area (Å²) in [6.07, 6.45) is 2.90. The second kappa shape index (κ2) is 8.66. The molecule has 28 heavy (non-hydrogen) atoms. The van der Waals surface area contributed by atoms with Crippen LogP contribution in [-0.2, 0) is 11.3 Å². The highest BCUT2D eigenvalue weighted by Gasteiger charge is 2.13. The normalized spacial score (nSPS) is 11.3. The highest BCUT2D eigenvalue weighted by Crippen LogP contribution is 2.25. The number of aromatic nitrogens is 2. The fourth-order valence-electron chi connectivity index (χ4n) is 2.65. The Morgan fingerprint density at radius 3 is 2.96 bits per heavy atom. The van der Waals surface area contributed by atoms with Crippen LogP contribution < -0.4 is 15.7 Å². The number of carbonyl (C=O) groups excluding carboxylic acids is 1. The number of rotatable bonds is 6. The quantitative estimate of drug-likeness (QED) is 0.449. The number of fused-ring (bicyclic) bond motifs is 1. The largest absolute Gasteiger partial charge is 0.493 e. The predicted octanol–water partition coefficient (Wildman–Crippen LogP) is 3.39. The molecule has 0 saturated carbocycles. The minimum Gasteiger partial charge on any atom is -0.493 e. The molecule has 3 rings (SSSR count). The van der Waals surface area contributed by atoms with Crippen LogP contribution in [0.3, 0.4) is 0 Å². The minimum absolute atomic E-state index is 0.162. The smallest absolute Gasteiger partial charge is 0.262 e. The van der Waals surface area contributed by atoms with E-state index >= 15 is 0 Å². The molecule has 9 heteroatoms. The Morgan fingerprint density at radius 2 is 2.21 bits per heavy atom. The monoisotopic (exact) mass is 462 g/mol. The SMILES string of the molecule is CCOc1ccc(Br)cc1C=NNC(=O)Cn1cnc2sc(C)c(C)c2c1=O. The van der Waals surface area contributed by atoms with Crippen LogP contribution in [0.25, 0.3) is 10.2 Å². The van der Waals surface area contributed by atoms with Crippen molar-refractivity contribution in [3.05, 3.63) is 55.4 Å². The van der Waals surface area contributed by atoms with E-state index in [1.165, 1.54) is 28.4 Å². The van der Waals surface area contributed by atoms with Gasteiger partial charge in [0.25, 0.3) is 11.5 Å². The summed E-state index contributed by atoms with van der Waals surface area (Å²) in [7, 11) is 0. The lowest BCUT2D eigenvalue weighted by atomic mass is 10.2. The summed E-state index contributed by atoms with van der Waals surface area (Å²) >= 11 is 4.87. The molecule has 1 amide bonds. The molecule has 0 saturated heterocycles. The van der Waals surface area contributed by atoms with E-state index in [-0.39, 0.29) is 12.1 Å². The molecular weight excluding hydrogens is 444 g/mol. The van der Waals surface area contributed by atoms with Gasteiger partial charge in [0.05, 0.1) is 24.5 Å². The van der Waals surface area contributed by atoms with E-state index in [4.69, 9.17) is 4.74 Å². The topological polar surface area (TPSA) is 85.6 Å². The Hall–Kier alpha value is -2.52. The summed E-state index contributed by atoms with van der Waals surface area (Å²) in [4.78, 5) is 30.9. The van der Waals surface area contributed by atoms with Gasteiger partial charge in [0, 0.05) is 14.9 Å². The van der Waals surface area contributed by atoms with Gasteiger partial charge in [0.15, 0.2) is 0 Å². The van der Waals surface area contributed by atoms with Gasteiger partial charge in [-0.15, -0.1) is 11.3 Å². The number of halogens is 1. The Kier molecular flexibility index (Phi) is 6.25. The highest BCUT2D eigenvalue weighted by atomic mass is 79.9. The van der Waals surface area contributed by atoms with Gasteiger partial charge in [-0.05, 0) is 44.5 Å². The van der Waals surface area contributed by atoms with Gasteiger partial charge >= 0.3 is 0 Å². The molecule has 0 unspecified atom stereocenters. The average molecular weight is 463 g/mol. The zero-order chi connectivity index (χ0) is 20.3. The van der Waals surface area contributed by atoms with Gasteiger partial charge in [-0.1, -0.05) is 15.9 Å². The van der Waals surface area contributed by atoms with Crippen molar-refractivity contribution in [3.63, 3.8) is 0 Å². The molecule has 1 aromatic carbocycles. The van der Waals surface area contributed by atoms with Crippen molar-refractivity contribution < 1.29 is 9.53 Å². The van der Waals surface area contributed by atoms with E-state index in [0.29, 0.717) is 22.6 Å². The maximum Gasteiger partial charge on any atom is 0.262 e. The number of amides is 1. The number of carbonyl (C=O) groups is 1. The van der Waals surface area contributed by atoms with E-state index < -0.39 is 5.91 Å². The first-order chi connectivity index (χ1) is 13.4. The second-order valence-corrected chi connectivity index (χ2v) is 8.17. The molecule has 0 bridgehead atoms. The van der Waals surface area contributed by atoms with Gasteiger partial charge in [-0.2, -0.15) is 5.10 Å². The maximum atomic E-state index is 12.6. The van der Waals surface area contributed by atoms with Crippen molar-refractivity contribution in [2.45, 2.75) is 27.3 Å². The number of hydrogen-bond donors (Lipinski definition) is 1. The lowest BCUT2D eigenvalue weighted by Crippen LogP contribution is -2.30. The van der Waals surface area contributed by atoms with Crippen molar-refractivity contribution in [1.82, 2.24) is 15.0 Å². The lowest BCUT2D eigenvalue weighted by molar-refractivity contribution is -0.121. The molecule has 7 nitrogen and oxygen atoms in total. The summed E-state index contributed by atoms with van der Waals surface area (Å²) in [6.45, 7) is 6.09. The number of thiophene rings is 1. The first-order valence-electron chi connectivity index (χ1n) is 8.60. The minimum atomic E-state index is -0.419. The molecule has 0 aliphatic carbocycles. The Balaban J connectivity index is 1.73. The number of ether oxygens (including phenoxy) is 1. The van der Waals surface area contributed by atoms with Crippen molar-refractivity contribution in [2.75, 3.05) is 6.61 Å². The highest BCUT2D eigenvalue weighted by molar-refractivity contribution is 9.10. The standard InChI is InChI=1S/C19H19BrN4O3S/c1-4-27-15-6-5-14(20)7-13(15)8-22-23-16(25)9-24-10-21-18-17(19(24)26)11(2)12(3)28-18/h5-8,10H,4,9H2,1-3H3,(H,23,25). The van der Waals surface area contributed by atoms with Crippen molar-refractivity contribution in [1.29, 1.82) is 0 Å². The van der Waals surface area contributed by atoms with Crippen molar-refractivity contribution >= 4 is 49.6 Å². The third kappa shape index (κ3) is 4.31. The average Bonchev–Trinajstić information content (AvgIpc) is 2.94. The number of nitrogens with one attached hydrogen (secondary N) is 1. The zero-order valence-electron chi connectivity index (χ0n) is 15.7. The molecule has 0 radical (unpaired) electrons. The summed E-state index contributed by atoms with van der Waals surface area (Å²) in [5.41, 5.74) is 3.84. The molecule has 2 aromatic heterocycles. The van der Waals surface area contributed by atoms with Crippen LogP contribution in [0.4, 0.5) is 0 Å². The molecule has 1 N–H and O–H groups in total. The van der Waals surface area contributed by atoms with Crippen LogP contribution in [0.5, 0.6) is 5.75 Å². The van der Waals surface area contributed by atoms with Gasteiger partial charge in [-0.3, -0.25) is 14.2 Å². The maximum absolute atomic E-state index is 12.6. The molecule has 0 spiro atoms. The molecule has 0 aliphatic rings. The van der Waals surface area contributed by atoms with Crippen LogP contribution in [0.1, 0.15) is 22.9 Å². The second-order valence-electron chi connectivity index (χ2n) is 6.05. The van der Waals surface area contributed by atoms with Crippen molar-refractivity contribution in [3.8, 4) is 5.75 Å². The molecular formula is C19H19BrN4O3S. The number of benzene rings is 1. The van der Waals surface area contributed by atoms with Crippen LogP contribution in [0.15, 0.2) is 38.9 Å². The zero-order valence-corrected chi connectivity index (χ0v) is 18.1. The Labute approximate surface area is 174 Å². The molecule has 0 atom stereocenters. The third-order valence-electron chi connectivity index (χ3n) is 4.13. The van der Waals surface area contributed by atoms with Crippen LogP contribution in [0, 0.1) is 13.8 Å². The Morgan fingerprint density at radius 1 is 1.43 bits per heavy atom. The lowest BCUT2D eigenvalue weighted by Gasteiger charge is -2.07. The van der Waals surface area contributed by atoms with Gasteiger partial charge in [0.2, 0.25) is 0 Å². The fourth-order valence-corrected chi connectivity index (χ4v) is 4.02. The first-order valence-corrected chi connectivity index (χ1v) is 10.2. The third-order valence-corrected chi connectivity index (χ3v) is 5.74. The fraction of sp³-hybridized carbons (Fsp3) is 0.263. The van der Waals surface area contributed by atoms with Crippen LogP contribution >= 0.6 is 27.3 Å². The molecule has 0 fully saturated rings. The van der Waals surface area contributed by atoms with Crippen LogP contribution in [0.2, 0.25) is 0 Å². The summed E-state index contributed by atoms with van der Waals surface area (Å²) < 4.78 is 7.70. The molecule has 3 aromatic rings. The number of aryl methyl sites for hydroxylation is 2. The van der Waals surface area contributed by atoms with Gasteiger partial charge < -0.3 is 4.74 Å². The van der Waals surface area contributed by atoms with Gasteiger partial charge in [0.1, 0.15) is 17.1 Å². The van der Waals surface area contributed by atoms with Gasteiger partial charge in [-0.25, -0.2) is 10.4 Å². The first kappa shape index (κ1) is 20.2. The van der Waals surface area contributed by atoms with Crippen molar-refractivity contribution in [2.24, 2.45) is 5.10 Å². The number of hydrogen-bond acceptors (Lipinski definition) is 6. The summed E-state index contributed by atoms with van der Waals surface area (Å²) in [5.74, 6) is 0.245. The molecule has 146 valence electrons. The summed E-state index contributed by atoms with van der Waals surface area (Å²) in [5, 5.41) is 4.54.